The van der Waals surface area contributed by atoms with Crippen LogP contribution in [-0.4, -0.2) is 35.5 Å². The van der Waals surface area contributed by atoms with Gasteiger partial charge in [0.05, 0.1) is 12.0 Å². The lowest BCUT2D eigenvalue weighted by molar-refractivity contribution is -0.00981. The Balaban J connectivity index is 1.26. The molecule has 3 aromatic carbocycles. The molecule has 0 bridgehead atoms. The molecule has 0 unspecified atom stereocenters. The summed E-state index contributed by atoms with van der Waals surface area (Å²) in [7, 11) is 0. The minimum Gasteiger partial charge on any atom is -0.486 e. The fourth-order valence-electron chi connectivity index (χ4n) is 4.49. The molecule has 1 spiro atoms. The lowest BCUT2D eigenvalue weighted by Gasteiger charge is -2.43. The van der Waals surface area contributed by atoms with Gasteiger partial charge in [-0.15, -0.1) is 0 Å². The first-order chi connectivity index (χ1) is 15.6. The summed E-state index contributed by atoms with van der Waals surface area (Å²) in [5.74, 6) is 0.744. The van der Waals surface area contributed by atoms with Crippen LogP contribution < -0.4 is 4.74 Å². The van der Waals surface area contributed by atoms with Gasteiger partial charge in [-0.2, -0.15) is 0 Å². The van der Waals surface area contributed by atoms with Crippen LogP contribution in [0.4, 0.5) is 4.79 Å². The summed E-state index contributed by atoms with van der Waals surface area (Å²) in [6.45, 7) is 1.27. The lowest BCUT2D eigenvalue weighted by Crippen LogP contribution is -2.52. The normalized spacial score (nSPS) is 16.9. The Morgan fingerprint density at radius 3 is 2.31 bits per heavy atom. The number of piperidine rings is 1. The number of likely N-dealkylation sites (tertiary alicyclic amines) is 1. The topological polar surface area (TPSA) is 55.8 Å². The molecule has 3 aromatic rings. The van der Waals surface area contributed by atoms with Gasteiger partial charge < -0.3 is 14.4 Å². The molecule has 0 N–H and O–H groups in total. The zero-order valence-corrected chi connectivity index (χ0v) is 17.8. The van der Waals surface area contributed by atoms with Crippen molar-refractivity contribution < 1.29 is 19.1 Å². The van der Waals surface area contributed by atoms with Gasteiger partial charge in [0, 0.05) is 25.9 Å². The summed E-state index contributed by atoms with van der Waals surface area (Å²) in [6, 6.07) is 25.5. The third-order valence-corrected chi connectivity index (χ3v) is 6.34. The zero-order chi connectivity index (χ0) is 22.0. The summed E-state index contributed by atoms with van der Waals surface area (Å²) in [6.07, 6.45) is 1.23. The van der Waals surface area contributed by atoms with E-state index in [-0.39, 0.29) is 18.5 Å². The fraction of sp³-hybridized carbons (Fsp3) is 0.259. The number of carbonyl (C=O) groups is 2. The van der Waals surface area contributed by atoms with Crippen molar-refractivity contribution in [2.45, 2.75) is 31.5 Å². The van der Waals surface area contributed by atoms with E-state index < -0.39 is 5.60 Å². The lowest BCUT2D eigenvalue weighted by atomic mass is 9.82. The van der Waals surface area contributed by atoms with Crippen LogP contribution in [-0.2, 0) is 11.3 Å². The number of benzene rings is 3. The van der Waals surface area contributed by atoms with Crippen LogP contribution in [0.2, 0.25) is 0 Å². The average Bonchev–Trinajstić information content (AvgIpc) is 2.84. The van der Waals surface area contributed by atoms with Crippen LogP contribution in [0.1, 0.15) is 35.2 Å². The first-order valence-corrected chi connectivity index (χ1v) is 11.0. The molecule has 5 heteroatoms. The number of nitrogens with zero attached hydrogens (tertiary/aromatic N) is 1. The van der Waals surface area contributed by atoms with Crippen molar-refractivity contribution >= 4 is 11.9 Å². The Labute approximate surface area is 187 Å². The number of rotatable bonds is 3. The number of carbonyl (C=O) groups excluding carboxylic acids is 2. The van der Waals surface area contributed by atoms with Crippen molar-refractivity contribution in [1.82, 2.24) is 4.90 Å². The highest BCUT2D eigenvalue weighted by molar-refractivity contribution is 6.01. The highest BCUT2D eigenvalue weighted by Gasteiger charge is 2.44. The maximum Gasteiger partial charge on any atom is 0.410 e. The van der Waals surface area contributed by atoms with Gasteiger partial charge in [0.25, 0.3) is 0 Å². The van der Waals surface area contributed by atoms with Crippen LogP contribution in [0.5, 0.6) is 5.75 Å². The molecule has 5 nitrogen and oxygen atoms in total. The summed E-state index contributed by atoms with van der Waals surface area (Å²) in [4.78, 5) is 27.1. The van der Waals surface area contributed by atoms with E-state index in [0.29, 0.717) is 43.7 Å². The first kappa shape index (κ1) is 20.3. The maximum absolute atomic E-state index is 12.9. The molecule has 1 fully saturated rings. The number of amides is 1. The molecule has 2 heterocycles. The van der Waals surface area contributed by atoms with Crippen LogP contribution in [0.3, 0.4) is 0 Å². The zero-order valence-electron chi connectivity index (χ0n) is 17.8. The molecule has 0 radical (unpaired) electrons. The van der Waals surface area contributed by atoms with E-state index in [1.807, 2.05) is 78.9 Å². The number of fused-ring (bicyclic) bond motifs is 1. The number of ether oxygens (including phenoxy) is 2. The molecule has 1 amide bonds. The quantitative estimate of drug-likeness (QED) is 0.555. The van der Waals surface area contributed by atoms with Gasteiger partial charge in [-0.05, 0) is 28.8 Å². The van der Waals surface area contributed by atoms with Gasteiger partial charge in [0.2, 0.25) is 0 Å². The van der Waals surface area contributed by atoms with Gasteiger partial charge in [-0.25, -0.2) is 4.79 Å². The van der Waals surface area contributed by atoms with Gasteiger partial charge in [-0.1, -0.05) is 66.7 Å². The van der Waals surface area contributed by atoms with Crippen molar-refractivity contribution in [2.75, 3.05) is 13.1 Å². The Morgan fingerprint density at radius 2 is 1.59 bits per heavy atom. The molecule has 1 saturated heterocycles. The Kier molecular flexibility index (Phi) is 5.39. The molecule has 2 aliphatic rings. The van der Waals surface area contributed by atoms with Gasteiger partial charge in [-0.3, -0.25) is 4.79 Å². The monoisotopic (exact) mass is 427 g/mol. The van der Waals surface area contributed by atoms with E-state index in [2.05, 4.69) is 0 Å². The SMILES string of the molecule is O=C1CC2(CCN(C(=O)OCc3ccccc3)CC2)Oc2cc(-c3ccccc3)ccc21. The van der Waals surface area contributed by atoms with Crippen molar-refractivity contribution in [2.24, 2.45) is 0 Å². The predicted molar refractivity (Wildman–Crippen MR) is 122 cm³/mol. The van der Waals surface area contributed by atoms with Crippen molar-refractivity contribution in [3.63, 3.8) is 0 Å². The van der Waals surface area contributed by atoms with Gasteiger partial charge in [0.1, 0.15) is 18.0 Å². The fourth-order valence-corrected chi connectivity index (χ4v) is 4.49. The van der Waals surface area contributed by atoms with E-state index >= 15 is 0 Å². The molecule has 162 valence electrons. The third-order valence-electron chi connectivity index (χ3n) is 6.34. The Bertz CT molecular complexity index is 1120. The van der Waals surface area contributed by atoms with E-state index in [0.717, 1.165) is 16.7 Å². The van der Waals surface area contributed by atoms with Crippen molar-refractivity contribution in [3.8, 4) is 16.9 Å². The first-order valence-electron chi connectivity index (χ1n) is 11.0. The standard InChI is InChI=1S/C27H25NO4/c29-24-18-27(32-25-17-22(11-12-23(24)25)21-9-5-2-6-10-21)13-15-28(16-14-27)26(30)31-19-20-7-3-1-4-8-20/h1-12,17H,13-16,18-19H2. The minimum absolute atomic E-state index is 0.103. The summed E-state index contributed by atoms with van der Waals surface area (Å²) in [5.41, 5.74) is 3.15. The molecule has 0 aliphatic carbocycles. The second kappa shape index (κ2) is 8.50. The molecular weight excluding hydrogens is 402 g/mol. The van der Waals surface area contributed by atoms with Crippen LogP contribution in [0, 0.1) is 0 Å². The van der Waals surface area contributed by atoms with Crippen LogP contribution >= 0.6 is 0 Å². The van der Waals surface area contributed by atoms with E-state index in [1.165, 1.54) is 0 Å². The summed E-state index contributed by atoms with van der Waals surface area (Å²) < 4.78 is 11.9. The van der Waals surface area contributed by atoms with Gasteiger partial charge in [0.15, 0.2) is 5.78 Å². The van der Waals surface area contributed by atoms with E-state index in [4.69, 9.17) is 9.47 Å². The van der Waals surface area contributed by atoms with Crippen molar-refractivity contribution in [1.29, 1.82) is 0 Å². The molecule has 2 aliphatic heterocycles. The summed E-state index contributed by atoms with van der Waals surface area (Å²) >= 11 is 0. The number of ketones is 1. The number of Topliss-reactive ketones (excluding diaryl/α,β-unsaturated/α-hetero) is 1. The molecular formula is C27H25NO4. The van der Waals surface area contributed by atoms with Gasteiger partial charge >= 0.3 is 6.09 Å². The molecule has 5 rings (SSSR count). The smallest absolute Gasteiger partial charge is 0.410 e. The van der Waals surface area contributed by atoms with Crippen LogP contribution in [0.15, 0.2) is 78.9 Å². The van der Waals surface area contributed by atoms with E-state index in [1.54, 1.807) is 4.90 Å². The molecule has 0 atom stereocenters. The highest BCUT2D eigenvalue weighted by atomic mass is 16.6. The van der Waals surface area contributed by atoms with Crippen molar-refractivity contribution in [3.05, 3.63) is 90.0 Å². The minimum atomic E-state index is -0.560. The molecule has 32 heavy (non-hydrogen) atoms. The number of hydrogen-bond acceptors (Lipinski definition) is 4. The summed E-state index contributed by atoms with van der Waals surface area (Å²) in [5, 5.41) is 0. The Hall–Kier alpha value is -3.60. The number of hydrogen-bond donors (Lipinski definition) is 0. The largest absolute Gasteiger partial charge is 0.486 e. The Morgan fingerprint density at radius 1 is 0.906 bits per heavy atom. The van der Waals surface area contributed by atoms with Crippen LogP contribution in [0.25, 0.3) is 11.1 Å². The third kappa shape index (κ3) is 4.11. The molecule has 0 aromatic heterocycles. The van der Waals surface area contributed by atoms with E-state index in [9.17, 15) is 9.59 Å². The molecule has 0 saturated carbocycles. The second-order valence-corrected chi connectivity index (χ2v) is 8.49. The highest BCUT2D eigenvalue weighted by Crippen LogP contribution is 2.41. The second-order valence-electron chi connectivity index (χ2n) is 8.49. The predicted octanol–water partition coefficient (Wildman–Crippen LogP) is 5.49. The maximum atomic E-state index is 12.9. The average molecular weight is 428 g/mol.